The number of halogens is 1. The summed E-state index contributed by atoms with van der Waals surface area (Å²) in [4.78, 5) is 12.6. The number of rotatable bonds is 6. The van der Waals surface area contributed by atoms with Crippen molar-refractivity contribution in [2.45, 2.75) is 26.9 Å². The van der Waals surface area contributed by atoms with Crippen molar-refractivity contribution in [2.24, 2.45) is 0 Å². The Morgan fingerprint density at radius 1 is 0.929 bits per heavy atom. The molecule has 0 saturated carbocycles. The van der Waals surface area contributed by atoms with Gasteiger partial charge in [-0.25, -0.2) is 0 Å². The fourth-order valence-electron chi connectivity index (χ4n) is 2.58. The lowest BCUT2D eigenvalue weighted by atomic mass is 10.1. The average molecular weight is 396 g/mol. The van der Waals surface area contributed by atoms with E-state index >= 15 is 0 Å². The van der Waals surface area contributed by atoms with E-state index in [2.05, 4.69) is 5.32 Å². The Morgan fingerprint density at radius 3 is 2.39 bits per heavy atom. The molecule has 5 heteroatoms. The normalized spacial score (nSPS) is 11.6. The van der Waals surface area contributed by atoms with E-state index in [1.807, 2.05) is 62.4 Å². The van der Waals surface area contributed by atoms with E-state index in [0.717, 1.165) is 5.56 Å². The maximum Gasteiger partial charge on any atom is 0.265 e. The Kier molecular flexibility index (Phi) is 6.22. The number of carbonyl (C=O) groups is 1. The number of carbonyl (C=O) groups excluding carboxylic acids is 1. The largest absolute Gasteiger partial charge is 0.481 e. The Morgan fingerprint density at radius 2 is 1.68 bits per heavy atom. The third-order valence-electron chi connectivity index (χ3n) is 4.33. The molecular formula is C23H22ClNO3. The molecule has 0 saturated heterocycles. The second-order valence-corrected chi connectivity index (χ2v) is 6.99. The van der Waals surface area contributed by atoms with Gasteiger partial charge in [0.25, 0.3) is 5.91 Å². The van der Waals surface area contributed by atoms with Gasteiger partial charge in [-0.3, -0.25) is 4.79 Å². The number of hydrogen-bond acceptors (Lipinski definition) is 3. The van der Waals surface area contributed by atoms with Crippen LogP contribution in [0.3, 0.4) is 0 Å². The summed E-state index contributed by atoms with van der Waals surface area (Å²) in [5.74, 6) is 1.53. The predicted molar refractivity (Wildman–Crippen MR) is 113 cm³/mol. The highest BCUT2D eigenvalue weighted by atomic mass is 35.5. The Hall–Kier alpha value is -2.98. The molecule has 1 atom stereocenters. The highest BCUT2D eigenvalue weighted by molar-refractivity contribution is 6.31. The summed E-state index contributed by atoms with van der Waals surface area (Å²) >= 11 is 6.11. The Balaban J connectivity index is 1.73. The van der Waals surface area contributed by atoms with Gasteiger partial charge in [-0.1, -0.05) is 35.9 Å². The lowest BCUT2D eigenvalue weighted by molar-refractivity contribution is -0.122. The molecule has 0 aliphatic carbocycles. The molecule has 0 radical (unpaired) electrons. The molecule has 28 heavy (non-hydrogen) atoms. The smallest absolute Gasteiger partial charge is 0.265 e. The van der Waals surface area contributed by atoms with E-state index in [-0.39, 0.29) is 5.91 Å². The highest BCUT2D eigenvalue weighted by Crippen LogP contribution is 2.32. The zero-order valence-electron chi connectivity index (χ0n) is 16.0. The molecular weight excluding hydrogens is 374 g/mol. The molecule has 144 valence electrons. The fraction of sp³-hybridized carbons (Fsp3) is 0.174. The standard InChI is InChI=1S/C23H22ClNO3/c1-15-9-11-20(13-16(15)2)27-17(3)23(26)25-21-14-18(24)10-12-22(21)28-19-7-5-4-6-8-19/h4-14,17H,1-3H3,(H,25,26)/t17-/m0/s1. The van der Waals surface area contributed by atoms with Gasteiger partial charge < -0.3 is 14.8 Å². The maximum atomic E-state index is 12.6. The highest BCUT2D eigenvalue weighted by Gasteiger charge is 2.18. The van der Waals surface area contributed by atoms with Crippen LogP contribution in [0.4, 0.5) is 5.69 Å². The van der Waals surface area contributed by atoms with Crippen LogP contribution in [-0.4, -0.2) is 12.0 Å². The van der Waals surface area contributed by atoms with E-state index in [1.165, 1.54) is 5.56 Å². The molecule has 3 aromatic carbocycles. The van der Waals surface area contributed by atoms with Gasteiger partial charge in [0.05, 0.1) is 5.69 Å². The minimum Gasteiger partial charge on any atom is -0.481 e. The summed E-state index contributed by atoms with van der Waals surface area (Å²) < 4.78 is 11.7. The number of benzene rings is 3. The number of amides is 1. The number of hydrogen-bond donors (Lipinski definition) is 1. The molecule has 0 fully saturated rings. The van der Waals surface area contributed by atoms with Crippen LogP contribution < -0.4 is 14.8 Å². The number of anilines is 1. The topological polar surface area (TPSA) is 47.6 Å². The molecule has 1 N–H and O–H groups in total. The first-order chi connectivity index (χ1) is 13.4. The minimum absolute atomic E-state index is 0.293. The number of para-hydroxylation sites is 1. The van der Waals surface area contributed by atoms with Crippen molar-refractivity contribution in [3.8, 4) is 17.2 Å². The molecule has 0 aliphatic rings. The van der Waals surface area contributed by atoms with Crippen LogP contribution in [-0.2, 0) is 4.79 Å². The second-order valence-electron chi connectivity index (χ2n) is 6.55. The molecule has 3 rings (SSSR count). The third kappa shape index (κ3) is 5.05. The van der Waals surface area contributed by atoms with E-state index in [1.54, 1.807) is 25.1 Å². The number of ether oxygens (including phenoxy) is 2. The van der Waals surface area contributed by atoms with Crippen molar-refractivity contribution in [3.05, 3.63) is 82.9 Å². The zero-order valence-corrected chi connectivity index (χ0v) is 16.8. The van der Waals surface area contributed by atoms with Crippen LogP contribution in [0.15, 0.2) is 66.7 Å². The first-order valence-electron chi connectivity index (χ1n) is 8.99. The van der Waals surface area contributed by atoms with Crippen LogP contribution in [0.25, 0.3) is 0 Å². The lowest BCUT2D eigenvalue weighted by Crippen LogP contribution is -2.30. The average Bonchev–Trinajstić information content (AvgIpc) is 2.67. The van der Waals surface area contributed by atoms with Crippen molar-refractivity contribution in [1.29, 1.82) is 0 Å². The van der Waals surface area contributed by atoms with E-state index in [9.17, 15) is 4.79 Å². The quantitative estimate of drug-likeness (QED) is 0.544. The van der Waals surface area contributed by atoms with Gasteiger partial charge in [0, 0.05) is 5.02 Å². The molecule has 1 amide bonds. The number of aryl methyl sites for hydroxylation is 2. The van der Waals surface area contributed by atoms with Gasteiger partial charge in [-0.15, -0.1) is 0 Å². The van der Waals surface area contributed by atoms with Crippen LogP contribution in [0.1, 0.15) is 18.1 Å². The van der Waals surface area contributed by atoms with E-state index in [4.69, 9.17) is 21.1 Å². The van der Waals surface area contributed by atoms with Crippen molar-refractivity contribution in [1.82, 2.24) is 0 Å². The van der Waals surface area contributed by atoms with Crippen LogP contribution in [0, 0.1) is 13.8 Å². The molecule has 0 heterocycles. The summed E-state index contributed by atoms with van der Waals surface area (Å²) in [7, 11) is 0. The molecule has 0 bridgehead atoms. The first kappa shape index (κ1) is 19.8. The fourth-order valence-corrected chi connectivity index (χ4v) is 2.76. The molecule has 0 aliphatic heterocycles. The summed E-state index contributed by atoms with van der Waals surface area (Å²) in [6.45, 7) is 5.74. The summed E-state index contributed by atoms with van der Waals surface area (Å²) in [5, 5.41) is 3.34. The van der Waals surface area contributed by atoms with Crippen molar-refractivity contribution >= 4 is 23.2 Å². The first-order valence-corrected chi connectivity index (χ1v) is 9.37. The van der Waals surface area contributed by atoms with Crippen LogP contribution in [0.5, 0.6) is 17.2 Å². The summed E-state index contributed by atoms with van der Waals surface area (Å²) in [6.07, 6.45) is -0.689. The monoisotopic (exact) mass is 395 g/mol. The second kappa shape index (κ2) is 8.81. The molecule has 0 aromatic heterocycles. The molecule has 4 nitrogen and oxygen atoms in total. The lowest BCUT2D eigenvalue weighted by Gasteiger charge is -2.17. The number of nitrogens with one attached hydrogen (secondary N) is 1. The SMILES string of the molecule is Cc1ccc(O[C@@H](C)C(=O)Nc2cc(Cl)ccc2Oc2ccccc2)cc1C. The zero-order chi connectivity index (χ0) is 20.1. The van der Waals surface area contributed by atoms with Crippen molar-refractivity contribution < 1.29 is 14.3 Å². The van der Waals surface area contributed by atoms with Gasteiger partial charge in [-0.05, 0) is 74.4 Å². The summed E-state index contributed by atoms with van der Waals surface area (Å²) in [6, 6.07) is 20.2. The van der Waals surface area contributed by atoms with Gasteiger partial charge in [0.2, 0.25) is 0 Å². The van der Waals surface area contributed by atoms with Crippen molar-refractivity contribution in [3.63, 3.8) is 0 Å². The third-order valence-corrected chi connectivity index (χ3v) is 4.57. The molecule has 0 unspecified atom stereocenters. The van der Waals surface area contributed by atoms with Gasteiger partial charge in [0.15, 0.2) is 11.9 Å². The van der Waals surface area contributed by atoms with Gasteiger partial charge >= 0.3 is 0 Å². The van der Waals surface area contributed by atoms with E-state index < -0.39 is 6.10 Å². The van der Waals surface area contributed by atoms with Crippen molar-refractivity contribution in [2.75, 3.05) is 5.32 Å². The minimum atomic E-state index is -0.689. The maximum absolute atomic E-state index is 12.6. The Bertz CT molecular complexity index is 973. The molecule has 0 spiro atoms. The summed E-state index contributed by atoms with van der Waals surface area (Å²) in [5.41, 5.74) is 2.77. The van der Waals surface area contributed by atoms with Crippen LogP contribution in [0.2, 0.25) is 5.02 Å². The van der Waals surface area contributed by atoms with Gasteiger partial charge in [0.1, 0.15) is 11.5 Å². The van der Waals surface area contributed by atoms with Crippen LogP contribution >= 0.6 is 11.6 Å². The predicted octanol–water partition coefficient (Wildman–Crippen LogP) is 6.16. The Labute approximate surface area is 170 Å². The molecule has 3 aromatic rings. The van der Waals surface area contributed by atoms with E-state index in [0.29, 0.717) is 28.0 Å². The van der Waals surface area contributed by atoms with Gasteiger partial charge in [-0.2, -0.15) is 0 Å².